The van der Waals surface area contributed by atoms with E-state index in [1.54, 1.807) is 11.1 Å². The molecule has 2 aliphatic heterocycles. The molecule has 1 aromatic heterocycles. The summed E-state index contributed by atoms with van der Waals surface area (Å²) >= 11 is 0. The zero-order valence-corrected chi connectivity index (χ0v) is 10.5. The summed E-state index contributed by atoms with van der Waals surface area (Å²) in [5.41, 5.74) is 1.82. The average molecular weight is 271 g/mol. The quantitative estimate of drug-likeness (QED) is 0.893. The lowest BCUT2D eigenvalue weighted by molar-refractivity contribution is -0.168. The van der Waals surface area contributed by atoms with Gasteiger partial charge in [0.1, 0.15) is 0 Å². The number of halogens is 3. The summed E-state index contributed by atoms with van der Waals surface area (Å²) in [4.78, 5) is 6.14. The largest absolute Gasteiger partial charge is 0.393 e. The van der Waals surface area contributed by atoms with E-state index in [1.807, 2.05) is 12.1 Å². The molecule has 2 saturated heterocycles. The van der Waals surface area contributed by atoms with Crippen LogP contribution in [0.4, 0.5) is 18.9 Å². The zero-order chi connectivity index (χ0) is 13.5. The maximum Gasteiger partial charge on any atom is 0.393 e. The van der Waals surface area contributed by atoms with Crippen LogP contribution >= 0.6 is 0 Å². The minimum atomic E-state index is -4.08. The van der Waals surface area contributed by atoms with E-state index in [0.29, 0.717) is 12.5 Å². The SMILES string of the molecule is FC(F)(F)C1CCN(c2ccc(C3CNC3)nc2)C1. The Morgan fingerprint density at radius 3 is 2.53 bits per heavy atom. The lowest BCUT2D eigenvalue weighted by Crippen LogP contribution is -2.40. The Kier molecular flexibility index (Phi) is 3.12. The first-order valence-corrected chi connectivity index (χ1v) is 6.52. The van der Waals surface area contributed by atoms with Crippen molar-refractivity contribution >= 4 is 5.69 Å². The number of hydrogen-bond donors (Lipinski definition) is 1. The highest BCUT2D eigenvalue weighted by Gasteiger charge is 2.43. The normalized spacial score (nSPS) is 24.6. The van der Waals surface area contributed by atoms with Gasteiger partial charge in [-0.3, -0.25) is 4.98 Å². The number of alkyl halides is 3. The lowest BCUT2D eigenvalue weighted by atomic mass is 9.99. The highest BCUT2D eigenvalue weighted by Crippen LogP contribution is 2.35. The molecule has 2 fully saturated rings. The number of nitrogens with one attached hydrogen (secondary N) is 1. The van der Waals surface area contributed by atoms with Crippen LogP contribution in [0.5, 0.6) is 0 Å². The Morgan fingerprint density at radius 2 is 2.05 bits per heavy atom. The molecule has 3 heterocycles. The molecule has 0 aliphatic carbocycles. The molecule has 0 amide bonds. The molecule has 6 heteroatoms. The predicted octanol–water partition coefficient (Wildman–Crippen LogP) is 2.16. The second-order valence-electron chi connectivity index (χ2n) is 5.27. The number of nitrogens with zero attached hydrogens (tertiary/aromatic N) is 2. The van der Waals surface area contributed by atoms with Crippen LogP contribution in [0.1, 0.15) is 18.0 Å². The Balaban J connectivity index is 1.66. The number of hydrogen-bond acceptors (Lipinski definition) is 3. The summed E-state index contributed by atoms with van der Waals surface area (Å²) in [6, 6.07) is 3.82. The van der Waals surface area contributed by atoms with Crippen molar-refractivity contribution in [2.24, 2.45) is 5.92 Å². The number of aromatic nitrogens is 1. The van der Waals surface area contributed by atoms with Crippen LogP contribution < -0.4 is 10.2 Å². The Hall–Kier alpha value is -1.30. The van der Waals surface area contributed by atoms with Gasteiger partial charge in [0, 0.05) is 37.8 Å². The molecule has 1 N–H and O–H groups in total. The van der Waals surface area contributed by atoms with E-state index in [9.17, 15) is 13.2 Å². The summed E-state index contributed by atoms with van der Waals surface area (Å²) in [5.74, 6) is -0.751. The Labute approximate surface area is 109 Å². The average Bonchev–Trinajstić information content (AvgIpc) is 2.76. The summed E-state index contributed by atoms with van der Waals surface area (Å²) in [7, 11) is 0. The molecule has 2 aliphatic rings. The van der Waals surface area contributed by atoms with Gasteiger partial charge in [0.15, 0.2) is 0 Å². The molecule has 3 rings (SSSR count). The summed E-state index contributed by atoms with van der Waals surface area (Å²) in [6.07, 6.45) is -2.20. The monoisotopic (exact) mass is 271 g/mol. The van der Waals surface area contributed by atoms with Crippen molar-refractivity contribution in [3.63, 3.8) is 0 Å². The number of anilines is 1. The van der Waals surface area contributed by atoms with E-state index in [0.717, 1.165) is 24.5 Å². The summed E-state index contributed by atoms with van der Waals surface area (Å²) in [6.45, 7) is 2.38. The van der Waals surface area contributed by atoms with Crippen molar-refractivity contribution in [2.45, 2.75) is 18.5 Å². The highest BCUT2D eigenvalue weighted by atomic mass is 19.4. The first kappa shape index (κ1) is 12.7. The van der Waals surface area contributed by atoms with Crippen LogP contribution in [-0.4, -0.2) is 37.3 Å². The van der Waals surface area contributed by atoms with Crippen molar-refractivity contribution in [1.82, 2.24) is 10.3 Å². The van der Waals surface area contributed by atoms with E-state index in [4.69, 9.17) is 0 Å². The fourth-order valence-electron chi connectivity index (χ4n) is 2.59. The van der Waals surface area contributed by atoms with Gasteiger partial charge in [0.05, 0.1) is 17.8 Å². The van der Waals surface area contributed by atoms with Gasteiger partial charge < -0.3 is 10.2 Å². The standard InChI is InChI=1S/C13H16F3N3/c14-13(15,16)10-3-4-19(8-10)11-1-2-12(18-7-11)9-5-17-6-9/h1-2,7,9-10,17H,3-6,8H2. The molecule has 0 bridgehead atoms. The number of pyridine rings is 1. The lowest BCUT2D eigenvalue weighted by Gasteiger charge is -2.27. The molecular weight excluding hydrogens is 255 g/mol. The predicted molar refractivity (Wildman–Crippen MR) is 66.2 cm³/mol. The van der Waals surface area contributed by atoms with Crippen molar-refractivity contribution in [3.05, 3.63) is 24.0 Å². The van der Waals surface area contributed by atoms with E-state index in [2.05, 4.69) is 10.3 Å². The van der Waals surface area contributed by atoms with Crippen molar-refractivity contribution in [2.75, 3.05) is 31.1 Å². The van der Waals surface area contributed by atoms with E-state index in [-0.39, 0.29) is 13.0 Å². The van der Waals surface area contributed by atoms with Crippen LogP contribution in [0.2, 0.25) is 0 Å². The third-order valence-corrected chi connectivity index (χ3v) is 3.99. The minimum Gasteiger partial charge on any atom is -0.370 e. The van der Waals surface area contributed by atoms with Crippen molar-refractivity contribution < 1.29 is 13.2 Å². The highest BCUT2D eigenvalue weighted by molar-refractivity contribution is 5.46. The molecule has 1 aromatic rings. The van der Waals surface area contributed by atoms with Gasteiger partial charge in [-0.05, 0) is 18.6 Å². The van der Waals surface area contributed by atoms with Crippen molar-refractivity contribution in [1.29, 1.82) is 0 Å². The van der Waals surface area contributed by atoms with Crippen LogP contribution in [0, 0.1) is 5.92 Å². The summed E-state index contributed by atoms with van der Waals surface area (Å²) in [5, 5.41) is 3.18. The van der Waals surface area contributed by atoms with Gasteiger partial charge >= 0.3 is 6.18 Å². The van der Waals surface area contributed by atoms with Gasteiger partial charge in [0.25, 0.3) is 0 Å². The van der Waals surface area contributed by atoms with Crippen LogP contribution in [-0.2, 0) is 0 Å². The molecular formula is C13H16F3N3. The zero-order valence-electron chi connectivity index (χ0n) is 10.5. The van der Waals surface area contributed by atoms with Crippen LogP contribution in [0.3, 0.4) is 0 Å². The van der Waals surface area contributed by atoms with Gasteiger partial charge in [-0.2, -0.15) is 13.2 Å². The molecule has 3 nitrogen and oxygen atoms in total. The molecule has 1 atom stereocenters. The Bertz CT molecular complexity index is 439. The maximum absolute atomic E-state index is 12.6. The van der Waals surface area contributed by atoms with Crippen LogP contribution in [0.25, 0.3) is 0 Å². The smallest absolute Gasteiger partial charge is 0.370 e. The second-order valence-corrected chi connectivity index (χ2v) is 5.27. The molecule has 0 spiro atoms. The molecule has 0 aromatic carbocycles. The van der Waals surface area contributed by atoms with Gasteiger partial charge in [-0.1, -0.05) is 0 Å². The maximum atomic E-state index is 12.6. The molecule has 1 unspecified atom stereocenters. The fraction of sp³-hybridized carbons (Fsp3) is 0.615. The fourth-order valence-corrected chi connectivity index (χ4v) is 2.59. The second kappa shape index (κ2) is 4.67. The molecule has 0 saturated carbocycles. The molecule has 0 radical (unpaired) electrons. The van der Waals surface area contributed by atoms with E-state index < -0.39 is 12.1 Å². The van der Waals surface area contributed by atoms with Gasteiger partial charge in [-0.25, -0.2) is 0 Å². The van der Waals surface area contributed by atoms with E-state index >= 15 is 0 Å². The number of rotatable bonds is 2. The summed E-state index contributed by atoms with van der Waals surface area (Å²) < 4.78 is 37.9. The van der Waals surface area contributed by atoms with Gasteiger partial charge in [0.2, 0.25) is 0 Å². The minimum absolute atomic E-state index is 0.0511. The van der Waals surface area contributed by atoms with Gasteiger partial charge in [-0.15, -0.1) is 0 Å². The third-order valence-electron chi connectivity index (χ3n) is 3.99. The van der Waals surface area contributed by atoms with Crippen LogP contribution in [0.15, 0.2) is 18.3 Å². The molecule has 19 heavy (non-hydrogen) atoms. The first-order valence-electron chi connectivity index (χ1n) is 6.52. The first-order chi connectivity index (χ1) is 9.04. The molecule has 104 valence electrons. The van der Waals surface area contributed by atoms with Crippen molar-refractivity contribution in [3.8, 4) is 0 Å². The topological polar surface area (TPSA) is 28.2 Å². The van der Waals surface area contributed by atoms with E-state index in [1.165, 1.54) is 0 Å². The Morgan fingerprint density at radius 1 is 1.26 bits per heavy atom. The third kappa shape index (κ3) is 2.54.